The average Bonchev–Trinajstić information content (AvgIpc) is 3.46. The molecule has 1 aliphatic carbocycles. The van der Waals surface area contributed by atoms with Crippen molar-refractivity contribution in [1.29, 1.82) is 0 Å². The number of fused-ring (bicyclic) bond motifs is 1. The van der Waals surface area contributed by atoms with Crippen LogP contribution in [0.15, 0.2) is 36.4 Å². The predicted octanol–water partition coefficient (Wildman–Crippen LogP) is -1.01. The van der Waals surface area contributed by atoms with Gasteiger partial charge in [-0.15, -0.1) is 0 Å². The van der Waals surface area contributed by atoms with Gasteiger partial charge in [-0.1, -0.05) is 12.2 Å². The van der Waals surface area contributed by atoms with Crippen molar-refractivity contribution in [3.05, 3.63) is 59.2 Å². The molecule has 1 saturated carbocycles. The van der Waals surface area contributed by atoms with Crippen molar-refractivity contribution >= 4 is 17.7 Å². The Morgan fingerprint density at radius 2 is 2.00 bits per heavy atom. The van der Waals surface area contributed by atoms with Gasteiger partial charge in [0, 0.05) is 41.9 Å². The van der Waals surface area contributed by atoms with Gasteiger partial charge >= 0.3 is 29.6 Å². The van der Waals surface area contributed by atoms with E-state index in [1.165, 1.54) is 18.2 Å². The van der Waals surface area contributed by atoms with Gasteiger partial charge in [-0.25, -0.2) is 13.9 Å². The Hall–Kier alpha value is -2.10. The van der Waals surface area contributed by atoms with Crippen LogP contribution in [-0.2, 0) is 4.79 Å². The van der Waals surface area contributed by atoms with Gasteiger partial charge in [0.2, 0.25) is 0 Å². The Labute approximate surface area is 206 Å². The molecule has 0 spiro atoms. The first-order valence-electron chi connectivity index (χ1n) is 10.2. The van der Waals surface area contributed by atoms with Gasteiger partial charge in [-0.05, 0) is 44.0 Å². The normalized spacial score (nSPS) is 15.6. The number of carbonyl (C=O) groups is 1. The number of aliphatic carboxylic acids is 1. The molecule has 32 heavy (non-hydrogen) atoms. The molecule has 0 radical (unpaired) electrons. The zero-order chi connectivity index (χ0) is 22.1. The second-order valence-electron chi connectivity index (χ2n) is 7.99. The van der Waals surface area contributed by atoms with E-state index in [9.17, 15) is 24.5 Å². The van der Waals surface area contributed by atoms with Crippen LogP contribution in [0.1, 0.15) is 48.6 Å². The van der Waals surface area contributed by atoms with Crippen molar-refractivity contribution < 1.29 is 54.1 Å². The molecule has 7 nitrogen and oxygen atoms in total. The van der Waals surface area contributed by atoms with E-state index in [1.54, 1.807) is 22.7 Å². The monoisotopic (exact) mass is 447 g/mol. The molecule has 0 unspecified atom stereocenters. The third-order valence-electron chi connectivity index (χ3n) is 5.27. The summed E-state index contributed by atoms with van der Waals surface area (Å²) in [6.07, 6.45) is 2.31. The van der Waals surface area contributed by atoms with Gasteiger partial charge in [-0.3, -0.25) is 0 Å². The summed E-state index contributed by atoms with van der Waals surface area (Å²) in [4.78, 5) is 15.4. The number of rotatable bonds is 8. The summed E-state index contributed by atoms with van der Waals surface area (Å²) in [6.45, 7) is 1.87. The molecule has 0 amide bonds. The summed E-state index contributed by atoms with van der Waals surface area (Å²) in [5.41, 5.74) is 4.62. The van der Waals surface area contributed by atoms with Crippen LogP contribution in [0.4, 0.5) is 4.39 Å². The molecule has 0 saturated heterocycles. The van der Waals surface area contributed by atoms with E-state index in [0.29, 0.717) is 11.6 Å². The van der Waals surface area contributed by atoms with Crippen molar-refractivity contribution in [1.82, 2.24) is 14.6 Å². The Morgan fingerprint density at radius 3 is 2.62 bits per heavy atom. The van der Waals surface area contributed by atoms with Crippen molar-refractivity contribution in [3.63, 3.8) is 0 Å². The van der Waals surface area contributed by atoms with Crippen LogP contribution in [0.2, 0.25) is 0 Å². The summed E-state index contributed by atoms with van der Waals surface area (Å²) in [6, 6.07) is 8.00. The van der Waals surface area contributed by atoms with Gasteiger partial charge in [0.05, 0.1) is 29.3 Å². The molecule has 2 aromatic heterocycles. The number of aliphatic hydroxyl groups is 2. The number of benzene rings is 1. The fourth-order valence-corrected chi connectivity index (χ4v) is 3.71. The Kier molecular flexibility index (Phi) is 7.84. The minimum atomic E-state index is -1.37. The van der Waals surface area contributed by atoms with Crippen molar-refractivity contribution in [3.8, 4) is 11.3 Å². The fourth-order valence-electron chi connectivity index (χ4n) is 3.71. The predicted molar refractivity (Wildman–Crippen MR) is 110 cm³/mol. The SMILES string of the molecule is Cc1cc2nc(C3CC3)c(/C=C/[C@@H](O)C[C@@H](O)CC(=O)[O-])c(-c3ccc(F)cc3)n2n1.[Na+]. The van der Waals surface area contributed by atoms with Crippen LogP contribution in [0.25, 0.3) is 23.0 Å². The third kappa shape index (κ3) is 5.63. The molecule has 0 bridgehead atoms. The summed E-state index contributed by atoms with van der Waals surface area (Å²) >= 11 is 0. The first-order chi connectivity index (χ1) is 14.8. The minimum absolute atomic E-state index is 0. The summed E-state index contributed by atoms with van der Waals surface area (Å²) in [5.74, 6) is -1.43. The topological polar surface area (TPSA) is 111 Å². The molecule has 2 heterocycles. The molecule has 9 heteroatoms. The summed E-state index contributed by atoms with van der Waals surface area (Å²) in [7, 11) is 0. The second-order valence-corrected chi connectivity index (χ2v) is 7.99. The number of nitrogens with zero attached hydrogens (tertiary/aromatic N) is 3. The van der Waals surface area contributed by atoms with E-state index in [4.69, 9.17) is 4.98 Å². The molecule has 3 aromatic rings. The van der Waals surface area contributed by atoms with E-state index in [-0.39, 0.29) is 41.8 Å². The maximum absolute atomic E-state index is 13.6. The molecule has 162 valence electrons. The maximum atomic E-state index is 13.6. The minimum Gasteiger partial charge on any atom is -0.550 e. The zero-order valence-electron chi connectivity index (χ0n) is 18.0. The molecule has 2 N–H and O–H groups in total. The van der Waals surface area contributed by atoms with Crippen LogP contribution in [0, 0.1) is 12.7 Å². The Bertz CT molecular complexity index is 1140. The molecule has 0 aliphatic heterocycles. The van der Waals surface area contributed by atoms with Crippen molar-refractivity contribution in [2.75, 3.05) is 0 Å². The number of hydrogen-bond acceptors (Lipinski definition) is 6. The summed E-state index contributed by atoms with van der Waals surface area (Å²) < 4.78 is 15.3. The van der Waals surface area contributed by atoms with Crippen LogP contribution >= 0.6 is 0 Å². The van der Waals surface area contributed by atoms with E-state index in [0.717, 1.165) is 41.1 Å². The summed E-state index contributed by atoms with van der Waals surface area (Å²) in [5, 5.41) is 35.3. The smallest absolute Gasteiger partial charge is 0.550 e. The number of carboxylic acid groups (broad SMARTS) is 1. The second kappa shape index (κ2) is 10.2. The number of aromatic nitrogens is 3. The van der Waals surface area contributed by atoms with E-state index >= 15 is 0 Å². The van der Waals surface area contributed by atoms with Crippen molar-refractivity contribution in [2.24, 2.45) is 0 Å². The molecule has 1 aromatic carbocycles. The largest absolute Gasteiger partial charge is 1.00 e. The van der Waals surface area contributed by atoms with Crippen LogP contribution in [-0.4, -0.2) is 43.0 Å². The van der Waals surface area contributed by atoms with E-state index in [2.05, 4.69) is 5.10 Å². The number of aryl methyl sites for hydroxylation is 1. The molecule has 1 aliphatic rings. The number of carboxylic acids is 1. The van der Waals surface area contributed by atoms with Gasteiger partial charge < -0.3 is 20.1 Å². The van der Waals surface area contributed by atoms with Gasteiger partial charge in [0.15, 0.2) is 5.65 Å². The Balaban J connectivity index is 0.00000289. The quantitative estimate of drug-likeness (QED) is 0.428. The van der Waals surface area contributed by atoms with Gasteiger partial charge in [0.25, 0.3) is 0 Å². The van der Waals surface area contributed by atoms with Crippen LogP contribution in [0.3, 0.4) is 0 Å². The number of aliphatic hydroxyl groups excluding tert-OH is 2. The molecular formula is C23H23FN3NaO4. The maximum Gasteiger partial charge on any atom is 1.00 e. The standard InChI is InChI=1S/C23H24FN3O4.Na/c1-13-10-20-25-22(14-2-3-14)19(9-8-17(28)11-18(29)12-21(30)31)23(27(20)26-13)15-4-6-16(24)7-5-15;/h4-10,14,17-18,28-29H,2-3,11-12H2,1H3,(H,30,31);/q;+1/p-1/b9-8+;/t17-,18-;/m1./s1. The average molecular weight is 447 g/mol. The van der Waals surface area contributed by atoms with Crippen LogP contribution < -0.4 is 34.7 Å². The van der Waals surface area contributed by atoms with Crippen molar-refractivity contribution in [2.45, 2.75) is 50.7 Å². The van der Waals surface area contributed by atoms with Gasteiger partial charge in [-0.2, -0.15) is 5.10 Å². The molecule has 2 atom stereocenters. The van der Waals surface area contributed by atoms with Crippen LogP contribution in [0.5, 0.6) is 0 Å². The molecule has 4 rings (SSSR count). The van der Waals surface area contributed by atoms with Gasteiger partial charge in [0.1, 0.15) is 5.82 Å². The van der Waals surface area contributed by atoms with E-state index in [1.807, 2.05) is 13.0 Å². The number of halogens is 1. The Morgan fingerprint density at radius 1 is 1.31 bits per heavy atom. The zero-order valence-corrected chi connectivity index (χ0v) is 20.0. The third-order valence-corrected chi connectivity index (χ3v) is 5.27. The van der Waals surface area contributed by atoms with E-state index < -0.39 is 24.6 Å². The first-order valence-corrected chi connectivity index (χ1v) is 10.2. The molecule has 1 fully saturated rings. The first kappa shape index (κ1) is 24.5. The number of carbonyl (C=O) groups excluding carboxylic acids is 1. The molecular weight excluding hydrogens is 424 g/mol. The number of hydrogen-bond donors (Lipinski definition) is 2. The fraction of sp³-hybridized carbons (Fsp3) is 0.348.